The van der Waals surface area contributed by atoms with E-state index in [0.29, 0.717) is 6.54 Å². The van der Waals surface area contributed by atoms with Crippen LogP contribution in [0.15, 0.2) is 36.7 Å². The predicted octanol–water partition coefficient (Wildman–Crippen LogP) is 2.92. The molecule has 146 valence electrons. The summed E-state index contributed by atoms with van der Waals surface area (Å²) >= 11 is 0. The molecular formula is C22H31N3O2. The molecule has 0 saturated carbocycles. The molecule has 0 radical (unpaired) electrons. The fourth-order valence-electron chi connectivity index (χ4n) is 4.32. The first-order chi connectivity index (χ1) is 13.3. The molecule has 5 nitrogen and oxygen atoms in total. The number of hydrogen-bond donors (Lipinski definition) is 1. The number of aromatic nitrogens is 1. The Kier molecular flexibility index (Phi) is 6.22. The minimum atomic E-state index is -0.444. The SMILES string of the molecule is O[C@@H]1CN(CCN2CCCCCC2)CC[C@H]1Oc1cccc2cnccc12. The highest BCUT2D eigenvalue weighted by atomic mass is 16.5. The molecule has 3 heterocycles. The molecule has 1 aromatic carbocycles. The fourth-order valence-corrected chi connectivity index (χ4v) is 4.32. The summed E-state index contributed by atoms with van der Waals surface area (Å²) < 4.78 is 6.23. The maximum Gasteiger partial charge on any atom is 0.127 e. The van der Waals surface area contributed by atoms with Crippen LogP contribution in [0, 0.1) is 0 Å². The molecule has 0 spiro atoms. The van der Waals surface area contributed by atoms with Crippen molar-refractivity contribution in [1.82, 2.24) is 14.8 Å². The Morgan fingerprint density at radius 3 is 2.63 bits per heavy atom. The molecule has 27 heavy (non-hydrogen) atoms. The second-order valence-electron chi connectivity index (χ2n) is 7.92. The van der Waals surface area contributed by atoms with Crippen molar-refractivity contribution in [3.8, 4) is 5.75 Å². The second-order valence-corrected chi connectivity index (χ2v) is 7.92. The van der Waals surface area contributed by atoms with Crippen LogP contribution in [-0.2, 0) is 0 Å². The Morgan fingerprint density at radius 2 is 1.81 bits per heavy atom. The fraction of sp³-hybridized carbons (Fsp3) is 0.591. The van der Waals surface area contributed by atoms with Crippen molar-refractivity contribution in [2.75, 3.05) is 39.3 Å². The number of fused-ring (bicyclic) bond motifs is 1. The molecule has 2 aliphatic heterocycles. The Balaban J connectivity index is 1.30. The van der Waals surface area contributed by atoms with Gasteiger partial charge in [0, 0.05) is 49.3 Å². The van der Waals surface area contributed by atoms with Crippen molar-refractivity contribution in [1.29, 1.82) is 0 Å². The van der Waals surface area contributed by atoms with E-state index in [1.165, 1.54) is 38.8 Å². The predicted molar refractivity (Wildman–Crippen MR) is 108 cm³/mol. The molecule has 2 fully saturated rings. The van der Waals surface area contributed by atoms with Gasteiger partial charge < -0.3 is 14.7 Å². The van der Waals surface area contributed by atoms with Gasteiger partial charge in [-0.15, -0.1) is 0 Å². The summed E-state index contributed by atoms with van der Waals surface area (Å²) in [5.74, 6) is 0.844. The van der Waals surface area contributed by atoms with Crippen LogP contribution in [0.3, 0.4) is 0 Å². The minimum absolute atomic E-state index is 0.141. The van der Waals surface area contributed by atoms with Crippen LogP contribution in [0.1, 0.15) is 32.1 Å². The number of rotatable bonds is 5. The van der Waals surface area contributed by atoms with Gasteiger partial charge in [0.2, 0.25) is 0 Å². The summed E-state index contributed by atoms with van der Waals surface area (Å²) in [4.78, 5) is 9.16. The van der Waals surface area contributed by atoms with Gasteiger partial charge in [-0.25, -0.2) is 0 Å². The first-order valence-corrected chi connectivity index (χ1v) is 10.4. The minimum Gasteiger partial charge on any atom is -0.487 e. The van der Waals surface area contributed by atoms with Gasteiger partial charge >= 0.3 is 0 Å². The molecular weight excluding hydrogens is 338 g/mol. The highest BCUT2D eigenvalue weighted by molar-refractivity contribution is 5.87. The Morgan fingerprint density at radius 1 is 1.00 bits per heavy atom. The maximum absolute atomic E-state index is 10.7. The Labute approximate surface area is 161 Å². The van der Waals surface area contributed by atoms with Crippen molar-refractivity contribution in [3.63, 3.8) is 0 Å². The molecule has 0 aliphatic carbocycles. The first-order valence-electron chi connectivity index (χ1n) is 10.4. The van der Waals surface area contributed by atoms with E-state index in [0.717, 1.165) is 42.6 Å². The third kappa shape index (κ3) is 4.78. The quantitative estimate of drug-likeness (QED) is 0.878. The van der Waals surface area contributed by atoms with E-state index >= 15 is 0 Å². The van der Waals surface area contributed by atoms with Crippen LogP contribution in [-0.4, -0.2) is 71.4 Å². The monoisotopic (exact) mass is 369 g/mol. The van der Waals surface area contributed by atoms with Crippen LogP contribution in [0.25, 0.3) is 10.8 Å². The normalized spacial score (nSPS) is 25.4. The number of likely N-dealkylation sites (tertiary alicyclic amines) is 2. The summed E-state index contributed by atoms with van der Waals surface area (Å²) in [5.41, 5.74) is 0. The molecule has 4 rings (SSSR count). The molecule has 5 heteroatoms. The molecule has 1 N–H and O–H groups in total. The van der Waals surface area contributed by atoms with Crippen LogP contribution >= 0.6 is 0 Å². The largest absolute Gasteiger partial charge is 0.487 e. The van der Waals surface area contributed by atoms with Gasteiger partial charge in [0.1, 0.15) is 18.0 Å². The van der Waals surface area contributed by atoms with E-state index in [9.17, 15) is 5.11 Å². The Hall–Kier alpha value is -1.69. The lowest BCUT2D eigenvalue weighted by Crippen LogP contribution is -2.50. The molecule has 0 bridgehead atoms. The van der Waals surface area contributed by atoms with Gasteiger partial charge in [0.25, 0.3) is 0 Å². The van der Waals surface area contributed by atoms with Gasteiger partial charge in [-0.05, 0) is 44.5 Å². The van der Waals surface area contributed by atoms with Crippen LogP contribution in [0.2, 0.25) is 0 Å². The van der Waals surface area contributed by atoms with Gasteiger partial charge in [-0.3, -0.25) is 9.88 Å². The van der Waals surface area contributed by atoms with Gasteiger partial charge in [-0.2, -0.15) is 0 Å². The van der Waals surface area contributed by atoms with E-state index in [-0.39, 0.29) is 6.10 Å². The van der Waals surface area contributed by atoms with Crippen molar-refractivity contribution < 1.29 is 9.84 Å². The third-order valence-electron chi connectivity index (χ3n) is 5.95. The molecule has 2 aliphatic rings. The van der Waals surface area contributed by atoms with E-state index in [1.54, 1.807) is 6.20 Å². The van der Waals surface area contributed by atoms with E-state index < -0.39 is 6.10 Å². The topological polar surface area (TPSA) is 48.8 Å². The number of piperidine rings is 1. The smallest absolute Gasteiger partial charge is 0.127 e. The maximum atomic E-state index is 10.7. The molecule has 0 unspecified atom stereocenters. The highest BCUT2D eigenvalue weighted by Gasteiger charge is 2.29. The summed E-state index contributed by atoms with van der Waals surface area (Å²) in [6.45, 7) is 6.32. The molecule has 2 aromatic rings. The lowest BCUT2D eigenvalue weighted by molar-refractivity contribution is -0.0262. The number of nitrogens with zero attached hydrogens (tertiary/aromatic N) is 3. The zero-order valence-electron chi connectivity index (χ0n) is 16.1. The summed E-state index contributed by atoms with van der Waals surface area (Å²) in [5, 5.41) is 12.8. The van der Waals surface area contributed by atoms with E-state index in [1.807, 2.05) is 30.5 Å². The van der Waals surface area contributed by atoms with Crippen molar-refractivity contribution in [3.05, 3.63) is 36.7 Å². The second kappa shape index (κ2) is 9.00. The standard InChI is InChI=1S/C22H31N3O2/c26-20-17-25(15-14-24-11-3-1-2-4-12-24)13-9-22(20)27-21-7-5-6-18-16-23-10-8-19(18)21/h5-8,10,16,20,22,26H,1-4,9,11-15,17H2/t20-,22-/m1/s1. The Bertz CT molecular complexity index is 725. The molecule has 0 amide bonds. The average molecular weight is 370 g/mol. The van der Waals surface area contributed by atoms with Crippen LogP contribution in [0.5, 0.6) is 5.75 Å². The lowest BCUT2D eigenvalue weighted by Gasteiger charge is -2.37. The third-order valence-corrected chi connectivity index (χ3v) is 5.95. The molecule has 1 aromatic heterocycles. The van der Waals surface area contributed by atoms with Crippen LogP contribution in [0.4, 0.5) is 0 Å². The zero-order chi connectivity index (χ0) is 18.5. The molecule has 2 atom stereocenters. The zero-order valence-corrected chi connectivity index (χ0v) is 16.1. The number of ether oxygens (including phenoxy) is 1. The number of aliphatic hydroxyl groups is 1. The number of pyridine rings is 1. The molecule has 2 saturated heterocycles. The van der Waals surface area contributed by atoms with E-state index in [2.05, 4.69) is 14.8 Å². The first kappa shape index (κ1) is 18.7. The summed E-state index contributed by atoms with van der Waals surface area (Å²) in [6, 6.07) is 7.99. The highest BCUT2D eigenvalue weighted by Crippen LogP contribution is 2.27. The van der Waals surface area contributed by atoms with Crippen molar-refractivity contribution in [2.24, 2.45) is 0 Å². The number of aliphatic hydroxyl groups excluding tert-OH is 1. The number of benzene rings is 1. The van der Waals surface area contributed by atoms with Gasteiger partial charge in [0.05, 0.1) is 0 Å². The van der Waals surface area contributed by atoms with E-state index in [4.69, 9.17) is 4.74 Å². The van der Waals surface area contributed by atoms with Crippen molar-refractivity contribution >= 4 is 10.8 Å². The van der Waals surface area contributed by atoms with Gasteiger partial charge in [-0.1, -0.05) is 25.0 Å². The number of β-amino-alcohol motifs (C(OH)–C–C–N with tert-alkyl or cyclic N) is 1. The van der Waals surface area contributed by atoms with Crippen molar-refractivity contribution in [2.45, 2.75) is 44.3 Å². The van der Waals surface area contributed by atoms with Crippen LogP contribution < -0.4 is 4.74 Å². The average Bonchev–Trinajstić information content (AvgIpc) is 2.97. The number of hydrogen-bond acceptors (Lipinski definition) is 5. The van der Waals surface area contributed by atoms with Gasteiger partial charge in [0.15, 0.2) is 0 Å². The summed E-state index contributed by atoms with van der Waals surface area (Å²) in [6.07, 6.45) is 9.34. The summed E-state index contributed by atoms with van der Waals surface area (Å²) in [7, 11) is 0. The lowest BCUT2D eigenvalue weighted by atomic mass is 10.0.